The van der Waals surface area contributed by atoms with Crippen LogP contribution < -0.4 is 0 Å². The molecule has 0 spiro atoms. The van der Waals surface area contributed by atoms with Gasteiger partial charge in [-0.05, 0) is 161 Å². The van der Waals surface area contributed by atoms with Crippen molar-refractivity contribution in [1.82, 2.24) is 19.9 Å². The van der Waals surface area contributed by atoms with Gasteiger partial charge < -0.3 is 4.98 Å². The predicted octanol–water partition coefficient (Wildman–Crippen LogP) is 26.1. The van der Waals surface area contributed by atoms with Gasteiger partial charge in [-0.3, -0.25) is 4.98 Å². The molecule has 0 saturated heterocycles. The van der Waals surface area contributed by atoms with Crippen LogP contribution in [0.1, 0.15) is 0 Å². The average molecular weight is 1260 g/mol. The van der Waals surface area contributed by atoms with Crippen LogP contribution in [-0.4, -0.2) is 19.9 Å². The molecule has 0 amide bonds. The van der Waals surface area contributed by atoms with E-state index < -0.39 is 0 Å². The van der Waals surface area contributed by atoms with Gasteiger partial charge in [0.25, 0.3) is 0 Å². The van der Waals surface area contributed by atoms with Crippen molar-refractivity contribution < 1.29 is 0 Å². The zero-order chi connectivity index (χ0) is 66.1. The van der Waals surface area contributed by atoms with Gasteiger partial charge in [-0.1, -0.05) is 346 Å². The van der Waals surface area contributed by atoms with Crippen LogP contribution in [0.15, 0.2) is 394 Å². The zero-order valence-corrected chi connectivity index (χ0v) is 54.4. The second-order valence-electron chi connectivity index (χ2n) is 24.6. The molecule has 0 atom stereocenters. The predicted molar refractivity (Wildman–Crippen MR) is 427 cm³/mol. The third kappa shape index (κ3) is 12.9. The van der Waals surface area contributed by atoms with E-state index >= 15 is 0 Å². The van der Waals surface area contributed by atoms with Crippen LogP contribution in [0.5, 0.6) is 0 Å². The highest BCUT2D eigenvalue weighted by Gasteiger charge is 2.10. The fourth-order valence-electron chi connectivity index (χ4n) is 13.7. The molecule has 0 bridgehead atoms. The second kappa shape index (κ2) is 28.0. The first-order chi connectivity index (χ1) is 49.1. The van der Waals surface area contributed by atoms with E-state index in [0.717, 1.165) is 38.6 Å². The molecule has 3 aromatic heterocycles. The molecule has 22 aromatic rings. The number of fused-ring (bicyclic) bond motifs is 17. The summed E-state index contributed by atoms with van der Waals surface area (Å²) >= 11 is 0. The Morgan fingerprint density at radius 2 is 0.465 bits per heavy atom. The number of nitrogens with zero attached hydrogens (tertiary/aromatic N) is 3. The Morgan fingerprint density at radius 3 is 0.869 bits per heavy atom. The molecule has 99 heavy (non-hydrogen) atoms. The summed E-state index contributed by atoms with van der Waals surface area (Å²) in [5.41, 5.74) is 5.79. The molecule has 22 rings (SSSR count). The van der Waals surface area contributed by atoms with Crippen LogP contribution in [0.2, 0.25) is 0 Å². The van der Waals surface area contributed by atoms with Crippen molar-refractivity contribution in [2.45, 2.75) is 0 Å². The molecule has 4 heteroatoms. The second-order valence-corrected chi connectivity index (χ2v) is 24.6. The van der Waals surface area contributed by atoms with Gasteiger partial charge in [0.1, 0.15) is 5.52 Å². The van der Waals surface area contributed by atoms with Gasteiger partial charge in [-0.2, -0.15) is 0 Å². The van der Waals surface area contributed by atoms with Gasteiger partial charge in [0.15, 0.2) is 5.65 Å². The van der Waals surface area contributed by atoms with Crippen molar-refractivity contribution in [2.75, 3.05) is 0 Å². The van der Waals surface area contributed by atoms with Gasteiger partial charge in [-0.25, -0.2) is 9.97 Å². The first-order valence-electron chi connectivity index (χ1n) is 33.6. The van der Waals surface area contributed by atoms with Crippen molar-refractivity contribution in [2.24, 2.45) is 0 Å². The molecule has 0 fully saturated rings. The van der Waals surface area contributed by atoms with E-state index in [1.165, 1.54) is 124 Å². The molecule has 466 valence electrons. The molecular formula is C95H66N4. The first-order valence-corrected chi connectivity index (χ1v) is 33.6. The van der Waals surface area contributed by atoms with Crippen LogP contribution in [0.3, 0.4) is 0 Å². The summed E-state index contributed by atoms with van der Waals surface area (Å²) in [7, 11) is 0. The van der Waals surface area contributed by atoms with E-state index in [0.29, 0.717) is 0 Å². The maximum Gasteiger partial charge on any atom is 0.157 e. The first kappa shape index (κ1) is 60.8. The van der Waals surface area contributed by atoms with Crippen molar-refractivity contribution in [3.05, 3.63) is 394 Å². The number of hydrogen-bond donors (Lipinski definition) is 1. The van der Waals surface area contributed by atoms with Crippen molar-refractivity contribution in [3.8, 4) is 0 Å². The summed E-state index contributed by atoms with van der Waals surface area (Å²) < 4.78 is 0. The minimum absolute atomic E-state index is 0.852. The van der Waals surface area contributed by atoms with Crippen molar-refractivity contribution >= 4 is 163 Å². The van der Waals surface area contributed by atoms with E-state index in [2.05, 4.69) is 341 Å². The third-order valence-corrected chi connectivity index (χ3v) is 18.5. The lowest BCUT2D eigenvalue weighted by Crippen LogP contribution is -1.84. The lowest BCUT2D eigenvalue weighted by atomic mass is 9.95. The minimum atomic E-state index is 0.852. The topological polar surface area (TPSA) is 54.5 Å². The summed E-state index contributed by atoms with van der Waals surface area (Å²) in [6.45, 7) is 0. The van der Waals surface area contributed by atoms with Crippen LogP contribution in [-0.2, 0) is 0 Å². The van der Waals surface area contributed by atoms with E-state index in [9.17, 15) is 0 Å². The highest BCUT2D eigenvalue weighted by Crippen LogP contribution is 2.36. The molecule has 0 aliphatic heterocycles. The molecule has 0 aliphatic rings. The van der Waals surface area contributed by atoms with Crippen LogP contribution in [0.4, 0.5) is 0 Å². The molecule has 4 nitrogen and oxygen atoms in total. The fourth-order valence-corrected chi connectivity index (χ4v) is 13.7. The largest absolute Gasteiger partial charge is 0.338 e. The average Bonchev–Trinajstić information content (AvgIpc) is 1.36. The molecule has 1 N–H and O–H groups in total. The Labute approximate surface area is 573 Å². The maximum absolute atomic E-state index is 4.67. The number of aromatic amines is 1. The normalized spacial score (nSPS) is 11.0. The Balaban J connectivity index is 0.0000000909. The zero-order valence-electron chi connectivity index (χ0n) is 54.4. The quantitative estimate of drug-likeness (QED) is 0.122. The van der Waals surface area contributed by atoms with Crippen LogP contribution in [0.25, 0.3) is 163 Å². The summed E-state index contributed by atoms with van der Waals surface area (Å²) in [4.78, 5) is 16.7. The fraction of sp³-hybridized carbons (Fsp3) is 0. The van der Waals surface area contributed by atoms with Crippen LogP contribution in [0, 0.1) is 0 Å². The molecular weight excluding hydrogens is 1200 g/mol. The number of H-pyrrole nitrogens is 1. The number of benzene rings is 19. The number of nitrogens with one attached hydrogen (secondary N) is 1. The summed E-state index contributed by atoms with van der Waals surface area (Å²) in [6, 6.07) is 135. The van der Waals surface area contributed by atoms with Gasteiger partial charge in [0.2, 0.25) is 0 Å². The van der Waals surface area contributed by atoms with Crippen molar-refractivity contribution in [3.63, 3.8) is 0 Å². The minimum Gasteiger partial charge on any atom is -0.338 e. The van der Waals surface area contributed by atoms with Crippen molar-refractivity contribution in [1.29, 1.82) is 0 Å². The Kier molecular flexibility index (Phi) is 17.2. The Hall–Kier alpha value is -13.2. The van der Waals surface area contributed by atoms with E-state index in [4.69, 9.17) is 0 Å². The molecule has 0 radical (unpaired) electrons. The van der Waals surface area contributed by atoms with E-state index in [1.807, 2.05) is 72.9 Å². The van der Waals surface area contributed by atoms with Crippen LogP contribution >= 0.6 is 0 Å². The SMILES string of the molecule is c1cc2ccc3cccc4ccc(c1)c2c34.c1ccc2c(c1)c1ccccc1c1ccccc21.c1ccc2c(c1)ccc1ccccc12.c1ccc2cc3ccccc3cc2c1.c1ccc2ccccc2c1.c1ccc2nc3c(nc2c1)[nH]c1ccccc13.c1ccc2ncccc2c1. The number of para-hydroxylation sites is 4. The standard InChI is InChI=1S/C18H12.C16H10.C14H9N3.2C14H10.C10H8.C9H7N/c1-2-8-14-13(7-1)15-9-3-4-11-17(15)18-12-6-5-10-16(14)18;1-3-11-7-9-13-5-2-6-14-10-8-12(4-1)15(11)16(13)14;1-2-6-10-9(5-1)13-14(16-10)17-12-8-4-3-7-11(12)15-13;1-3-7-13-11(5-1)9-10-12-6-2-4-8-14(12)13;1-2-6-12-10-14-8-4-3-7-13(14)9-11(12)5-1;1-2-6-10-8-4-3-7-9(10)5-1;1-2-6-9-8(4-1)5-3-7-10-9/h1-12H;1-10H;1-8H,(H,16,17);2*1-10H;1-8H;1-7H. The lowest BCUT2D eigenvalue weighted by Gasteiger charge is -2.09. The number of rotatable bonds is 0. The van der Waals surface area contributed by atoms with E-state index in [1.54, 1.807) is 0 Å². The van der Waals surface area contributed by atoms with Gasteiger partial charge >= 0.3 is 0 Å². The number of pyridine rings is 1. The summed E-state index contributed by atoms with van der Waals surface area (Å²) in [5.74, 6) is 0. The summed E-state index contributed by atoms with van der Waals surface area (Å²) in [5, 5.41) is 31.7. The monoisotopic (exact) mass is 1260 g/mol. The van der Waals surface area contributed by atoms with Gasteiger partial charge in [0, 0.05) is 22.5 Å². The third-order valence-electron chi connectivity index (χ3n) is 18.5. The highest BCUT2D eigenvalue weighted by molar-refractivity contribution is 6.25. The molecule has 0 unspecified atom stereocenters. The maximum atomic E-state index is 4.67. The Morgan fingerprint density at radius 1 is 0.182 bits per heavy atom. The summed E-state index contributed by atoms with van der Waals surface area (Å²) in [6.07, 6.45) is 1.81. The van der Waals surface area contributed by atoms with Gasteiger partial charge in [-0.15, -0.1) is 0 Å². The lowest BCUT2D eigenvalue weighted by molar-refractivity contribution is 1.36. The number of hydrogen-bond acceptors (Lipinski definition) is 3. The van der Waals surface area contributed by atoms with E-state index in [-0.39, 0.29) is 0 Å². The smallest absolute Gasteiger partial charge is 0.157 e. The molecule has 0 saturated carbocycles. The number of aromatic nitrogens is 4. The molecule has 0 aliphatic carbocycles. The van der Waals surface area contributed by atoms with Gasteiger partial charge in [0.05, 0.1) is 16.6 Å². The molecule has 3 heterocycles. The molecule has 19 aromatic carbocycles. The highest BCUT2D eigenvalue weighted by atomic mass is 14.9. The Bertz CT molecular complexity index is 5860.